The molecule has 7 nitrogen and oxygen atoms in total. The number of anilines is 1. The molecular formula is C14H15FN2O5S2. The number of hydrogen-bond acceptors (Lipinski definition) is 7. The topological polar surface area (TPSA) is 84.0 Å². The Labute approximate surface area is 144 Å². The largest absolute Gasteiger partial charge is 0.488 e. The van der Waals surface area contributed by atoms with Crippen molar-refractivity contribution in [3.8, 4) is 5.75 Å². The van der Waals surface area contributed by atoms with E-state index in [9.17, 15) is 21.9 Å². The summed E-state index contributed by atoms with van der Waals surface area (Å²) in [6, 6.07) is 5.73. The van der Waals surface area contributed by atoms with Gasteiger partial charge in [0.05, 0.1) is 11.3 Å². The molecule has 2 heterocycles. The average molecular weight is 374 g/mol. The van der Waals surface area contributed by atoms with Gasteiger partial charge in [-0.05, 0) is 18.6 Å². The van der Waals surface area contributed by atoms with Crippen LogP contribution in [-0.2, 0) is 20.1 Å². The monoisotopic (exact) mass is 374 g/mol. The van der Waals surface area contributed by atoms with Crippen LogP contribution in [0.2, 0.25) is 0 Å². The van der Waals surface area contributed by atoms with Crippen LogP contribution >= 0.6 is 12.6 Å². The van der Waals surface area contributed by atoms with Gasteiger partial charge < -0.3 is 9.08 Å². The second kappa shape index (κ2) is 6.25. The molecule has 2 fully saturated rings. The molecule has 0 aromatic heterocycles. The zero-order valence-electron chi connectivity index (χ0n) is 12.5. The Morgan fingerprint density at radius 3 is 2.67 bits per heavy atom. The number of likely N-dealkylation sites (tertiary alicyclic amines) is 1. The van der Waals surface area contributed by atoms with Gasteiger partial charge in [-0.3, -0.25) is 14.5 Å². The van der Waals surface area contributed by atoms with E-state index >= 15 is 0 Å². The van der Waals surface area contributed by atoms with E-state index in [1.54, 1.807) is 12.1 Å². The number of benzene rings is 1. The molecule has 24 heavy (non-hydrogen) atoms. The van der Waals surface area contributed by atoms with E-state index in [1.807, 2.05) is 4.90 Å². The number of nitrogens with zero attached hydrogens (tertiary/aromatic N) is 2. The van der Waals surface area contributed by atoms with Crippen LogP contribution in [-0.4, -0.2) is 49.5 Å². The van der Waals surface area contributed by atoms with Crippen LogP contribution in [0.1, 0.15) is 12.8 Å². The molecule has 0 saturated carbocycles. The zero-order chi connectivity index (χ0) is 17.5. The fourth-order valence-corrected chi connectivity index (χ4v) is 3.67. The first kappa shape index (κ1) is 17.0. The van der Waals surface area contributed by atoms with Gasteiger partial charge in [0, 0.05) is 31.3 Å². The highest BCUT2D eigenvalue weighted by Gasteiger charge is 2.42. The first-order chi connectivity index (χ1) is 11.2. The molecule has 0 spiro atoms. The van der Waals surface area contributed by atoms with Crippen molar-refractivity contribution in [2.75, 3.05) is 18.0 Å². The van der Waals surface area contributed by atoms with E-state index in [1.165, 1.54) is 17.0 Å². The van der Waals surface area contributed by atoms with Crippen molar-refractivity contribution in [3.63, 3.8) is 0 Å². The smallest absolute Gasteiger partial charge is 0.369 e. The molecule has 10 heteroatoms. The molecule has 0 N–H and O–H groups in total. The number of imide groups is 1. The summed E-state index contributed by atoms with van der Waals surface area (Å²) in [4.78, 5) is 27.1. The van der Waals surface area contributed by atoms with Gasteiger partial charge in [0.2, 0.25) is 11.8 Å². The van der Waals surface area contributed by atoms with Crippen LogP contribution in [0, 0.1) is 0 Å². The average Bonchev–Trinajstić information content (AvgIpc) is 3.03. The maximum absolute atomic E-state index is 12.6. The third-order valence-corrected chi connectivity index (χ3v) is 4.86. The molecule has 130 valence electrons. The molecule has 0 bridgehead atoms. The summed E-state index contributed by atoms with van der Waals surface area (Å²) in [7, 11) is -5.09. The lowest BCUT2D eigenvalue weighted by Crippen LogP contribution is -2.42. The van der Waals surface area contributed by atoms with Gasteiger partial charge in [-0.2, -0.15) is 21.0 Å². The highest BCUT2D eigenvalue weighted by atomic mass is 32.3. The quantitative estimate of drug-likeness (QED) is 0.479. The summed E-state index contributed by atoms with van der Waals surface area (Å²) in [5, 5.41) is -0.585. The van der Waals surface area contributed by atoms with Gasteiger partial charge in [0.1, 0.15) is 5.75 Å². The van der Waals surface area contributed by atoms with Crippen LogP contribution in [0.5, 0.6) is 5.75 Å². The van der Waals surface area contributed by atoms with Gasteiger partial charge in [-0.15, -0.1) is 0 Å². The summed E-state index contributed by atoms with van der Waals surface area (Å²) >= 11 is 4.11. The fraction of sp³-hybridized carbons (Fsp3) is 0.429. The zero-order valence-corrected chi connectivity index (χ0v) is 14.2. The minimum Gasteiger partial charge on any atom is -0.369 e. The van der Waals surface area contributed by atoms with Gasteiger partial charge in [0.15, 0.2) is 0 Å². The number of thiol groups is 1. The van der Waals surface area contributed by atoms with E-state index in [2.05, 4.69) is 16.8 Å². The molecule has 0 aliphatic carbocycles. The second-order valence-electron chi connectivity index (χ2n) is 5.68. The molecule has 1 aromatic rings. The first-order valence-electron chi connectivity index (χ1n) is 7.27. The maximum atomic E-state index is 12.6. The molecule has 2 saturated heterocycles. The minimum absolute atomic E-state index is 0.107. The van der Waals surface area contributed by atoms with Gasteiger partial charge in [-0.25, -0.2) is 0 Å². The molecule has 2 aliphatic rings. The Morgan fingerprint density at radius 1 is 1.29 bits per heavy atom. The SMILES string of the molecule is O=C1CC(S)C(=O)N1[C@@H]1CCN(c2cccc(OS(=O)(=O)F)c2)C1. The number of halogens is 1. The van der Waals surface area contributed by atoms with E-state index in [0.717, 1.165) is 0 Å². The van der Waals surface area contributed by atoms with Crippen molar-refractivity contribution in [2.24, 2.45) is 0 Å². The molecule has 1 aromatic carbocycles. The Kier molecular flexibility index (Phi) is 4.43. The third-order valence-electron chi connectivity index (χ3n) is 4.07. The number of amides is 2. The summed E-state index contributed by atoms with van der Waals surface area (Å²) in [6.07, 6.45) is 0.709. The highest BCUT2D eigenvalue weighted by molar-refractivity contribution is 7.82. The van der Waals surface area contributed by atoms with Crippen molar-refractivity contribution in [2.45, 2.75) is 24.1 Å². The normalized spacial score (nSPS) is 24.8. The van der Waals surface area contributed by atoms with Crippen molar-refractivity contribution < 1.29 is 26.1 Å². The number of carbonyl (C=O) groups is 2. The third kappa shape index (κ3) is 3.48. The first-order valence-corrected chi connectivity index (χ1v) is 9.10. The number of rotatable bonds is 4. The summed E-state index contributed by atoms with van der Waals surface area (Å²) in [5.74, 6) is -0.648. The van der Waals surface area contributed by atoms with Crippen LogP contribution in [0.3, 0.4) is 0 Å². The van der Waals surface area contributed by atoms with Crippen LogP contribution in [0.4, 0.5) is 9.57 Å². The molecule has 0 radical (unpaired) electrons. The van der Waals surface area contributed by atoms with Crippen molar-refractivity contribution in [1.29, 1.82) is 0 Å². The Balaban J connectivity index is 1.73. The number of carbonyl (C=O) groups excluding carboxylic acids is 2. The fourth-order valence-electron chi connectivity index (χ4n) is 3.05. The standard InChI is InChI=1S/C14H15FN2O5S2/c15-24(20,21)22-11-3-1-2-9(6-11)16-5-4-10(8-16)17-13(18)7-12(23)14(17)19/h1-3,6,10,12,23H,4-5,7-8H2/t10-,12?/m1/s1. The second-order valence-corrected chi connectivity index (χ2v) is 7.26. The Hall–Kier alpha value is -1.81. The lowest BCUT2D eigenvalue weighted by Gasteiger charge is -2.24. The molecule has 3 rings (SSSR count). The lowest BCUT2D eigenvalue weighted by molar-refractivity contribution is -0.140. The van der Waals surface area contributed by atoms with Crippen LogP contribution in [0.15, 0.2) is 24.3 Å². The highest BCUT2D eigenvalue weighted by Crippen LogP contribution is 2.30. The van der Waals surface area contributed by atoms with Crippen molar-refractivity contribution in [1.82, 2.24) is 4.90 Å². The van der Waals surface area contributed by atoms with Crippen molar-refractivity contribution in [3.05, 3.63) is 24.3 Å². The molecule has 2 aliphatic heterocycles. The van der Waals surface area contributed by atoms with Gasteiger partial charge in [-0.1, -0.05) is 9.95 Å². The van der Waals surface area contributed by atoms with Crippen LogP contribution < -0.4 is 9.08 Å². The molecule has 2 atom stereocenters. The van der Waals surface area contributed by atoms with Crippen LogP contribution in [0.25, 0.3) is 0 Å². The molecular weight excluding hydrogens is 359 g/mol. The van der Waals surface area contributed by atoms with Crippen molar-refractivity contribution >= 4 is 40.6 Å². The van der Waals surface area contributed by atoms with Gasteiger partial charge in [0.25, 0.3) is 0 Å². The summed E-state index contributed by atoms with van der Waals surface area (Å²) < 4.78 is 38.0. The summed E-state index contributed by atoms with van der Waals surface area (Å²) in [6.45, 7) is 0.995. The Bertz CT molecular complexity index is 785. The predicted molar refractivity (Wildman–Crippen MR) is 87.0 cm³/mol. The van der Waals surface area contributed by atoms with E-state index in [4.69, 9.17) is 0 Å². The van der Waals surface area contributed by atoms with E-state index < -0.39 is 15.8 Å². The number of hydrogen-bond donors (Lipinski definition) is 1. The summed E-state index contributed by atoms with van der Waals surface area (Å²) in [5.41, 5.74) is 0.625. The minimum atomic E-state index is -5.09. The Morgan fingerprint density at radius 2 is 2.04 bits per heavy atom. The van der Waals surface area contributed by atoms with E-state index in [-0.39, 0.29) is 30.0 Å². The van der Waals surface area contributed by atoms with Gasteiger partial charge >= 0.3 is 10.5 Å². The molecule has 1 unspecified atom stereocenters. The van der Waals surface area contributed by atoms with E-state index in [0.29, 0.717) is 25.2 Å². The molecule has 2 amide bonds. The maximum Gasteiger partial charge on any atom is 0.488 e. The predicted octanol–water partition coefficient (Wildman–Crippen LogP) is 0.916. The lowest BCUT2D eigenvalue weighted by atomic mass is 10.2.